The van der Waals surface area contributed by atoms with Crippen molar-refractivity contribution in [3.05, 3.63) is 70.3 Å². The van der Waals surface area contributed by atoms with Gasteiger partial charge in [0.1, 0.15) is 0 Å². The van der Waals surface area contributed by atoms with Crippen molar-refractivity contribution in [2.24, 2.45) is 11.7 Å². The van der Waals surface area contributed by atoms with E-state index in [0.29, 0.717) is 6.42 Å². The van der Waals surface area contributed by atoms with Crippen LogP contribution in [0.25, 0.3) is 0 Å². The molecule has 2 aromatic rings. The van der Waals surface area contributed by atoms with Crippen LogP contribution in [0.3, 0.4) is 0 Å². The average molecular weight is 407 g/mol. The lowest BCUT2D eigenvalue weighted by atomic mass is 9.93. The highest BCUT2D eigenvalue weighted by molar-refractivity contribution is 7.89. The molecule has 0 bridgehead atoms. The Morgan fingerprint density at radius 2 is 1.75 bits per heavy atom. The first-order valence-electron chi connectivity index (χ1n) is 8.44. The van der Waals surface area contributed by atoms with Crippen LogP contribution in [0.5, 0.6) is 0 Å². The number of primary amides is 1. The van der Waals surface area contributed by atoms with Gasteiger partial charge in [0, 0.05) is 24.6 Å². The van der Waals surface area contributed by atoms with E-state index in [4.69, 9.17) is 5.73 Å². The van der Waals surface area contributed by atoms with Crippen molar-refractivity contribution in [1.82, 2.24) is 4.72 Å². The van der Waals surface area contributed by atoms with E-state index in [1.807, 2.05) is 30.3 Å². The first-order valence-corrected chi connectivity index (χ1v) is 9.93. The van der Waals surface area contributed by atoms with E-state index in [9.17, 15) is 28.4 Å². The van der Waals surface area contributed by atoms with E-state index < -0.39 is 32.9 Å². The van der Waals surface area contributed by atoms with Gasteiger partial charge in [-0.1, -0.05) is 30.3 Å². The van der Waals surface area contributed by atoms with Crippen LogP contribution in [0.1, 0.15) is 12.0 Å². The number of hydrogen-bond acceptors (Lipinski definition) is 6. The smallest absolute Gasteiger partial charge is 0.269 e. The highest BCUT2D eigenvalue weighted by atomic mass is 32.2. The number of rotatable bonds is 10. The van der Waals surface area contributed by atoms with E-state index >= 15 is 0 Å². The van der Waals surface area contributed by atoms with Crippen LogP contribution in [0.4, 0.5) is 5.69 Å². The molecule has 0 aliphatic carbocycles. The van der Waals surface area contributed by atoms with Crippen molar-refractivity contribution < 1.29 is 23.2 Å². The number of nitro benzene ring substituents is 1. The van der Waals surface area contributed by atoms with E-state index in [0.717, 1.165) is 29.8 Å². The van der Waals surface area contributed by atoms with Crippen molar-refractivity contribution in [2.45, 2.75) is 23.8 Å². The molecule has 0 aliphatic rings. The van der Waals surface area contributed by atoms with Gasteiger partial charge in [0.2, 0.25) is 15.9 Å². The predicted molar refractivity (Wildman–Crippen MR) is 102 cm³/mol. The topological polar surface area (TPSA) is 153 Å². The summed E-state index contributed by atoms with van der Waals surface area (Å²) in [7, 11) is -3.96. The minimum absolute atomic E-state index is 0.00694. The van der Waals surface area contributed by atoms with Crippen LogP contribution in [0, 0.1) is 16.0 Å². The zero-order chi connectivity index (χ0) is 20.7. The number of nitrogens with zero attached hydrogens (tertiary/aromatic N) is 1. The molecule has 0 aliphatic heterocycles. The Bertz CT molecular complexity index is 916. The van der Waals surface area contributed by atoms with Gasteiger partial charge in [0.05, 0.1) is 15.9 Å². The molecule has 1 amide bonds. The van der Waals surface area contributed by atoms with Crippen LogP contribution in [-0.4, -0.2) is 37.0 Å². The second kappa shape index (κ2) is 9.40. The van der Waals surface area contributed by atoms with Gasteiger partial charge < -0.3 is 10.8 Å². The summed E-state index contributed by atoms with van der Waals surface area (Å²) in [5, 5.41) is 20.8. The summed E-state index contributed by atoms with van der Waals surface area (Å²) in [6, 6.07) is 13.5. The monoisotopic (exact) mass is 407 g/mol. The van der Waals surface area contributed by atoms with E-state index in [2.05, 4.69) is 4.72 Å². The maximum Gasteiger partial charge on any atom is 0.269 e. The average Bonchev–Trinajstić information content (AvgIpc) is 2.67. The van der Waals surface area contributed by atoms with Crippen LogP contribution in [0.2, 0.25) is 0 Å². The van der Waals surface area contributed by atoms with Crippen LogP contribution < -0.4 is 10.5 Å². The molecule has 150 valence electrons. The summed E-state index contributed by atoms with van der Waals surface area (Å²) in [6.45, 7) is -0.322. The third-order valence-electron chi connectivity index (χ3n) is 4.15. The molecule has 2 atom stereocenters. The van der Waals surface area contributed by atoms with Crippen LogP contribution in [0.15, 0.2) is 59.5 Å². The number of nitrogens with two attached hydrogens (primary N) is 1. The molecule has 2 aromatic carbocycles. The highest BCUT2D eigenvalue weighted by Crippen LogP contribution is 2.17. The first-order chi connectivity index (χ1) is 13.2. The maximum absolute atomic E-state index is 12.2. The Labute approximate surface area is 162 Å². The lowest BCUT2D eigenvalue weighted by molar-refractivity contribution is -0.384. The van der Waals surface area contributed by atoms with Crippen molar-refractivity contribution in [1.29, 1.82) is 0 Å². The number of hydrogen-bond donors (Lipinski definition) is 3. The summed E-state index contributed by atoms with van der Waals surface area (Å²) in [5.74, 6) is -1.23. The minimum Gasteiger partial charge on any atom is -0.392 e. The minimum atomic E-state index is -3.96. The number of non-ortho nitro benzene ring substituents is 1. The van der Waals surface area contributed by atoms with Gasteiger partial charge in [-0.25, -0.2) is 13.1 Å². The number of carbonyl (C=O) groups is 1. The molecule has 0 unspecified atom stereocenters. The molecule has 0 saturated heterocycles. The summed E-state index contributed by atoms with van der Waals surface area (Å²) in [4.78, 5) is 21.5. The molecule has 0 saturated carbocycles. The Hall–Kier alpha value is -2.82. The molecular formula is C18H21N3O6S. The number of aliphatic hydroxyl groups excluding tert-OH is 1. The lowest BCUT2D eigenvalue weighted by Crippen LogP contribution is -2.36. The van der Waals surface area contributed by atoms with Crippen molar-refractivity contribution in [3.8, 4) is 0 Å². The molecular weight excluding hydrogens is 386 g/mol. The number of benzene rings is 2. The summed E-state index contributed by atoms with van der Waals surface area (Å²) in [6.07, 6.45) is -0.802. The fourth-order valence-corrected chi connectivity index (χ4v) is 3.72. The number of nitrogens with one attached hydrogen (secondary N) is 1. The maximum atomic E-state index is 12.2. The van der Waals surface area contributed by atoms with E-state index in [-0.39, 0.29) is 23.5 Å². The van der Waals surface area contributed by atoms with Gasteiger partial charge in [-0.05, 0) is 30.5 Å². The molecule has 0 heterocycles. The van der Waals surface area contributed by atoms with E-state index in [1.165, 1.54) is 0 Å². The lowest BCUT2D eigenvalue weighted by Gasteiger charge is -2.18. The zero-order valence-corrected chi connectivity index (χ0v) is 15.7. The van der Waals surface area contributed by atoms with Gasteiger partial charge >= 0.3 is 0 Å². The summed E-state index contributed by atoms with van der Waals surface area (Å²) in [5.41, 5.74) is 6.05. The molecule has 28 heavy (non-hydrogen) atoms. The van der Waals surface area contributed by atoms with E-state index in [1.54, 1.807) is 0 Å². The molecule has 10 heteroatoms. The normalized spacial score (nSPS) is 13.6. The Morgan fingerprint density at radius 1 is 1.14 bits per heavy atom. The Kier molecular flexibility index (Phi) is 7.21. The van der Waals surface area contributed by atoms with Crippen molar-refractivity contribution >= 4 is 21.6 Å². The molecule has 2 rings (SSSR count). The van der Waals surface area contributed by atoms with Gasteiger partial charge in [-0.3, -0.25) is 14.9 Å². The van der Waals surface area contributed by atoms with Crippen LogP contribution in [-0.2, 0) is 21.2 Å². The molecule has 0 radical (unpaired) electrons. The predicted octanol–water partition coefficient (Wildman–Crippen LogP) is 0.968. The fourth-order valence-electron chi connectivity index (χ4n) is 2.65. The van der Waals surface area contributed by atoms with Gasteiger partial charge in [0.15, 0.2) is 0 Å². The first kappa shape index (κ1) is 21.5. The molecule has 0 aromatic heterocycles. The fraction of sp³-hybridized carbons (Fsp3) is 0.278. The SMILES string of the molecule is NC(=O)[C@H](Cc1ccccc1)C[C@H](O)CNS(=O)(=O)c1ccc([N+](=O)[O-])cc1. The van der Waals surface area contributed by atoms with Crippen LogP contribution >= 0.6 is 0 Å². The standard InChI is InChI=1S/C18H21N3O6S/c19-18(23)14(10-13-4-2-1-3-5-13)11-16(22)12-20-28(26,27)17-8-6-15(7-9-17)21(24)25/h1-9,14,16,20,22H,10-12H2,(H2,19,23)/t14-,16+/m1/s1. The van der Waals surface area contributed by atoms with Gasteiger partial charge in [0.25, 0.3) is 5.69 Å². The molecule has 9 nitrogen and oxygen atoms in total. The number of amides is 1. The van der Waals surface area contributed by atoms with Gasteiger partial charge in [-0.15, -0.1) is 0 Å². The second-order valence-electron chi connectivity index (χ2n) is 6.28. The largest absolute Gasteiger partial charge is 0.392 e. The third kappa shape index (κ3) is 6.12. The van der Waals surface area contributed by atoms with Crippen molar-refractivity contribution in [3.63, 3.8) is 0 Å². The summed E-state index contributed by atoms with van der Waals surface area (Å²) >= 11 is 0. The number of carbonyl (C=O) groups excluding carboxylic acids is 1. The number of sulfonamides is 1. The summed E-state index contributed by atoms with van der Waals surface area (Å²) < 4.78 is 26.7. The Balaban J connectivity index is 1.96. The second-order valence-corrected chi connectivity index (χ2v) is 8.05. The van der Waals surface area contributed by atoms with Crippen molar-refractivity contribution in [2.75, 3.05) is 6.54 Å². The quantitative estimate of drug-likeness (QED) is 0.394. The third-order valence-corrected chi connectivity index (χ3v) is 5.59. The van der Waals surface area contributed by atoms with Gasteiger partial charge in [-0.2, -0.15) is 0 Å². The number of aliphatic hydroxyl groups is 1. The molecule has 4 N–H and O–H groups in total. The Morgan fingerprint density at radius 3 is 2.29 bits per heavy atom. The highest BCUT2D eigenvalue weighted by Gasteiger charge is 2.22. The molecule has 0 spiro atoms. The zero-order valence-electron chi connectivity index (χ0n) is 14.9. The number of nitro groups is 1. The molecule has 0 fully saturated rings.